The Morgan fingerprint density at radius 1 is 1.22 bits per heavy atom. The van der Waals surface area contributed by atoms with Crippen molar-refractivity contribution in [2.24, 2.45) is 0 Å². The van der Waals surface area contributed by atoms with Gasteiger partial charge >= 0.3 is 6.29 Å². The number of ether oxygens (including phenoxy) is 3. The summed E-state index contributed by atoms with van der Waals surface area (Å²) < 4.78 is 42.5. The predicted octanol–water partition coefficient (Wildman–Crippen LogP) is 1.94. The summed E-state index contributed by atoms with van der Waals surface area (Å²) in [6, 6.07) is 4.77. The van der Waals surface area contributed by atoms with E-state index >= 15 is 0 Å². The van der Waals surface area contributed by atoms with Crippen LogP contribution < -0.4 is 9.47 Å². The maximum absolute atomic E-state index is 13.3. The second-order valence-corrected chi connectivity index (χ2v) is 5.49. The maximum Gasteiger partial charge on any atom is 0.586 e. The fourth-order valence-corrected chi connectivity index (χ4v) is 2.88. The SMILES string of the molecule is FC1(F)Oc2cccc(Cn3nnnc3C3CCOCC3)c2O1. The normalized spacial score (nSPS) is 19.9. The second-order valence-electron chi connectivity index (χ2n) is 5.49. The fraction of sp³-hybridized carbons (Fsp3) is 0.500. The Balaban J connectivity index is 1.61. The standard InChI is InChI=1S/C14H14F2N4O3/c15-14(16)22-11-3-1-2-10(12(11)23-14)8-20-13(17-18-19-20)9-4-6-21-7-5-9/h1-3,9H,4-8H2. The lowest BCUT2D eigenvalue weighted by Gasteiger charge is -2.21. The summed E-state index contributed by atoms with van der Waals surface area (Å²) in [5.74, 6) is 0.991. The van der Waals surface area contributed by atoms with Crippen molar-refractivity contribution in [2.75, 3.05) is 13.2 Å². The number of alkyl halides is 2. The lowest BCUT2D eigenvalue weighted by atomic mass is 9.99. The molecule has 2 aliphatic rings. The molecule has 4 rings (SSSR count). The largest absolute Gasteiger partial charge is 0.586 e. The number of nitrogens with zero attached hydrogens (tertiary/aromatic N) is 4. The minimum Gasteiger partial charge on any atom is -0.395 e. The van der Waals surface area contributed by atoms with Crippen LogP contribution in [-0.2, 0) is 11.3 Å². The highest BCUT2D eigenvalue weighted by Gasteiger charge is 2.44. The van der Waals surface area contributed by atoms with Gasteiger partial charge in [-0.2, -0.15) is 0 Å². The predicted molar refractivity (Wildman–Crippen MR) is 72.4 cm³/mol. The van der Waals surface area contributed by atoms with Crippen molar-refractivity contribution in [3.05, 3.63) is 29.6 Å². The van der Waals surface area contributed by atoms with Gasteiger partial charge in [-0.25, -0.2) is 4.68 Å². The molecule has 122 valence electrons. The zero-order valence-corrected chi connectivity index (χ0v) is 12.1. The Hall–Kier alpha value is -2.29. The average molecular weight is 324 g/mol. The molecule has 0 spiro atoms. The molecule has 23 heavy (non-hydrogen) atoms. The van der Waals surface area contributed by atoms with Crippen molar-refractivity contribution in [3.63, 3.8) is 0 Å². The number of hydrogen-bond donors (Lipinski definition) is 0. The summed E-state index contributed by atoms with van der Waals surface area (Å²) in [4.78, 5) is 0. The van der Waals surface area contributed by atoms with Crippen LogP contribution in [0, 0.1) is 0 Å². The molecule has 1 aromatic carbocycles. The Morgan fingerprint density at radius 2 is 2.04 bits per heavy atom. The molecular formula is C14H14F2N4O3. The molecule has 9 heteroatoms. The molecule has 0 saturated carbocycles. The summed E-state index contributed by atoms with van der Waals surface area (Å²) in [6.07, 6.45) is -1.96. The molecule has 1 fully saturated rings. The minimum atomic E-state index is -3.64. The molecule has 0 radical (unpaired) electrons. The summed E-state index contributed by atoms with van der Waals surface area (Å²) >= 11 is 0. The van der Waals surface area contributed by atoms with Gasteiger partial charge in [0.05, 0.1) is 6.54 Å². The molecule has 0 bridgehead atoms. The van der Waals surface area contributed by atoms with Crippen LogP contribution in [-0.4, -0.2) is 39.7 Å². The van der Waals surface area contributed by atoms with Crippen molar-refractivity contribution < 1.29 is 23.0 Å². The number of aromatic nitrogens is 4. The van der Waals surface area contributed by atoms with Gasteiger partial charge in [0.15, 0.2) is 17.3 Å². The van der Waals surface area contributed by atoms with Crippen molar-refractivity contribution in [1.82, 2.24) is 20.2 Å². The molecule has 0 N–H and O–H groups in total. The highest BCUT2D eigenvalue weighted by Crippen LogP contribution is 2.43. The Labute approximate surface area is 130 Å². The first-order valence-corrected chi connectivity index (χ1v) is 7.34. The van der Waals surface area contributed by atoms with Gasteiger partial charge in [0.1, 0.15) is 0 Å². The molecule has 2 aromatic rings. The van der Waals surface area contributed by atoms with Crippen LogP contribution in [0.15, 0.2) is 18.2 Å². The van der Waals surface area contributed by atoms with Gasteiger partial charge in [-0.1, -0.05) is 12.1 Å². The lowest BCUT2D eigenvalue weighted by Crippen LogP contribution is -2.26. The maximum atomic E-state index is 13.3. The first kappa shape index (κ1) is 14.3. The van der Waals surface area contributed by atoms with Crippen LogP contribution in [0.1, 0.15) is 30.1 Å². The van der Waals surface area contributed by atoms with E-state index < -0.39 is 6.29 Å². The molecule has 0 aliphatic carbocycles. The molecule has 3 heterocycles. The average Bonchev–Trinajstić information content (AvgIpc) is 3.11. The summed E-state index contributed by atoms with van der Waals surface area (Å²) in [7, 11) is 0. The Morgan fingerprint density at radius 3 is 2.87 bits per heavy atom. The molecule has 0 amide bonds. The zero-order valence-electron chi connectivity index (χ0n) is 12.1. The summed E-state index contributed by atoms with van der Waals surface area (Å²) in [5.41, 5.74) is 0.542. The van der Waals surface area contributed by atoms with Crippen molar-refractivity contribution in [2.45, 2.75) is 31.6 Å². The van der Waals surface area contributed by atoms with Gasteiger partial charge in [-0.05, 0) is 29.3 Å². The summed E-state index contributed by atoms with van der Waals surface area (Å²) in [5, 5.41) is 11.8. The fourth-order valence-electron chi connectivity index (χ4n) is 2.88. The molecule has 0 unspecified atom stereocenters. The van der Waals surface area contributed by atoms with Crippen molar-refractivity contribution in [1.29, 1.82) is 0 Å². The Bertz CT molecular complexity index is 716. The smallest absolute Gasteiger partial charge is 0.395 e. The number of rotatable bonds is 3. The monoisotopic (exact) mass is 324 g/mol. The second kappa shape index (κ2) is 5.41. The van der Waals surface area contributed by atoms with Crippen LogP contribution in [0.3, 0.4) is 0 Å². The van der Waals surface area contributed by atoms with Gasteiger partial charge < -0.3 is 14.2 Å². The number of halogens is 2. The lowest BCUT2D eigenvalue weighted by molar-refractivity contribution is -0.286. The molecule has 1 aromatic heterocycles. The van der Waals surface area contributed by atoms with Crippen LogP contribution in [0.2, 0.25) is 0 Å². The van der Waals surface area contributed by atoms with E-state index in [1.165, 1.54) is 6.07 Å². The van der Waals surface area contributed by atoms with E-state index in [4.69, 9.17) is 4.74 Å². The van der Waals surface area contributed by atoms with Crippen LogP contribution >= 0.6 is 0 Å². The molecular weight excluding hydrogens is 310 g/mol. The van der Waals surface area contributed by atoms with Crippen molar-refractivity contribution in [3.8, 4) is 11.5 Å². The highest BCUT2D eigenvalue weighted by molar-refractivity contribution is 5.48. The summed E-state index contributed by atoms with van der Waals surface area (Å²) in [6.45, 7) is 1.57. The van der Waals surface area contributed by atoms with E-state index in [0.29, 0.717) is 18.8 Å². The zero-order chi connectivity index (χ0) is 15.9. The van der Waals surface area contributed by atoms with E-state index in [1.54, 1.807) is 16.8 Å². The van der Waals surface area contributed by atoms with Crippen LogP contribution in [0.25, 0.3) is 0 Å². The first-order valence-electron chi connectivity index (χ1n) is 7.34. The van der Waals surface area contributed by atoms with Gasteiger partial charge in [0.2, 0.25) is 0 Å². The van der Waals surface area contributed by atoms with Gasteiger partial charge in [-0.15, -0.1) is 13.9 Å². The number of tetrazole rings is 1. The van der Waals surface area contributed by atoms with E-state index in [0.717, 1.165) is 18.7 Å². The molecule has 1 saturated heterocycles. The van der Waals surface area contributed by atoms with E-state index in [2.05, 4.69) is 25.0 Å². The highest BCUT2D eigenvalue weighted by atomic mass is 19.3. The quantitative estimate of drug-likeness (QED) is 0.859. The van der Waals surface area contributed by atoms with E-state index in [1.807, 2.05) is 0 Å². The van der Waals surface area contributed by atoms with Gasteiger partial charge in [-0.3, -0.25) is 0 Å². The minimum absolute atomic E-state index is 0.0215. The first-order chi connectivity index (χ1) is 11.1. The van der Waals surface area contributed by atoms with Crippen molar-refractivity contribution >= 4 is 0 Å². The Kier molecular flexibility index (Phi) is 3.37. The number of hydrogen-bond acceptors (Lipinski definition) is 6. The third-order valence-corrected chi connectivity index (χ3v) is 3.98. The molecule has 7 nitrogen and oxygen atoms in total. The number of benzene rings is 1. The third kappa shape index (κ3) is 2.72. The van der Waals surface area contributed by atoms with Crippen LogP contribution in [0.5, 0.6) is 11.5 Å². The number of para-hydroxylation sites is 1. The van der Waals surface area contributed by atoms with Gasteiger partial charge in [0.25, 0.3) is 0 Å². The van der Waals surface area contributed by atoms with E-state index in [9.17, 15) is 8.78 Å². The van der Waals surface area contributed by atoms with Crippen LogP contribution in [0.4, 0.5) is 8.78 Å². The number of fused-ring (bicyclic) bond motifs is 1. The van der Waals surface area contributed by atoms with Gasteiger partial charge in [0, 0.05) is 24.7 Å². The molecule has 2 aliphatic heterocycles. The van der Waals surface area contributed by atoms with E-state index in [-0.39, 0.29) is 24.0 Å². The topological polar surface area (TPSA) is 71.3 Å². The third-order valence-electron chi connectivity index (χ3n) is 3.98. The molecule has 0 atom stereocenters.